The number of likely N-dealkylation sites (N-methyl/N-ethyl adjacent to an activating group) is 1. The number of carbonyl (C=O) groups excluding carboxylic acids is 1. The molecule has 2 aliphatic rings. The van der Waals surface area contributed by atoms with Crippen molar-refractivity contribution < 1.29 is 4.79 Å². The maximum absolute atomic E-state index is 12.9. The fourth-order valence-corrected chi connectivity index (χ4v) is 5.53. The highest BCUT2D eigenvalue weighted by Crippen LogP contribution is 2.30. The van der Waals surface area contributed by atoms with E-state index in [9.17, 15) is 4.79 Å². The van der Waals surface area contributed by atoms with Gasteiger partial charge >= 0.3 is 0 Å². The van der Waals surface area contributed by atoms with Crippen molar-refractivity contribution in [2.45, 2.75) is 51.4 Å². The minimum atomic E-state index is 0.112. The van der Waals surface area contributed by atoms with Crippen molar-refractivity contribution >= 4 is 28.1 Å². The van der Waals surface area contributed by atoms with E-state index in [1.807, 2.05) is 30.1 Å². The number of ketones is 1. The highest BCUT2D eigenvalue weighted by Gasteiger charge is 2.24. The van der Waals surface area contributed by atoms with Gasteiger partial charge in [0.1, 0.15) is 16.5 Å². The van der Waals surface area contributed by atoms with Gasteiger partial charge in [-0.1, -0.05) is 30.2 Å². The zero-order chi connectivity index (χ0) is 22.6. The third-order valence-electron chi connectivity index (χ3n) is 6.26. The van der Waals surface area contributed by atoms with E-state index in [-0.39, 0.29) is 12.3 Å². The topological polar surface area (TPSA) is 88.0 Å². The lowest BCUT2D eigenvalue weighted by molar-refractivity contribution is -0.117. The Morgan fingerprint density at radius 1 is 1.06 bits per heavy atom. The molecule has 4 heterocycles. The smallest absolute Gasteiger partial charge is 0.208 e. The van der Waals surface area contributed by atoms with Gasteiger partial charge in [-0.15, -0.1) is 10.2 Å². The number of hydrogen-bond donors (Lipinski definition) is 0. The van der Waals surface area contributed by atoms with E-state index >= 15 is 0 Å². The normalized spacial score (nSPS) is 15.8. The zero-order valence-corrected chi connectivity index (χ0v) is 19.9. The Balaban J connectivity index is 1.28. The highest BCUT2D eigenvalue weighted by atomic mass is 32.1. The second-order valence-electron chi connectivity index (χ2n) is 8.82. The van der Waals surface area contributed by atoms with E-state index in [1.54, 1.807) is 17.5 Å². The summed E-state index contributed by atoms with van der Waals surface area (Å²) in [6.07, 6.45) is 9.96. The summed E-state index contributed by atoms with van der Waals surface area (Å²) in [5.74, 6) is 1.58. The molecule has 8 nitrogen and oxygen atoms in total. The number of carbonyl (C=O) groups is 1. The van der Waals surface area contributed by atoms with Crippen molar-refractivity contribution in [3.63, 3.8) is 0 Å². The number of fused-ring (bicyclic) bond motifs is 1. The van der Waals surface area contributed by atoms with Crippen LogP contribution in [0.2, 0.25) is 0 Å². The number of aromatic nitrogens is 5. The summed E-state index contributed by atoms with van der Waals surface area (Å²) in [6.45, 7) is 2.34. The minimum absolute atomic E-state index is 0.112. The van der Waals surface area contributed by atoms with Gasteiger partial charge in [0.15, 0.2) is 11.6 Å². The van der Waals surface area contributed by atoms with Gasteiger partial charge in [-0.3, -0.25) is 9.78 Å². The largest absolute Gasteiger partial charge is 0.352 e. The van der Waals surface area contributed by atoms with Crippen molar-refractivity contribution in [1.82, 2.24) is 25.1 Å². The first kappa shape index (κ1) is 21.9. The quantitative estimate of drug-likeness (QED) is 0.526. The Hall–Kier alpha value is -2.94. The molecule has 1 aliphatic heterocycles. The second kappa shape index (κ2) is 9.91. The van der Waals surface area contributed by atoms with Gasteiger partial charge in [0.2, 0.25) is 5.13 Å². The fourth-order valence-electron chi connectivity index (χ4n) is 4.61. The molecule has 0 saturated carbocycles. The molecule has 0 unspecified atom stereocenters. The van der Waals surface area contributed by atoms with Crippen LogP contribution >= 0.6 is 11.3 Å². The van der Waals surface area contributed by atoms with Crippen molar-refractivity contribution in [2.75, 3.05) is 36.5 Å². The van der Waals surface area contributed by atoms with E-state index in [4.69, 9.17) is 9.97 Å². The Labute approximate surface area is 198 Å². The molecule has 1 saturated heterocycles. The Kier molecular flexibility index (Phi) is 6.57. The number of aryl methyl sites for hydroxylation is 1. The Bertz CT molecular complexity index is 1110. The first-order valence-corrected chi connectivity index (χ1v) is 12.6. The summed E-state index contributed by atoms with van der Waals surface area (Å²) in [5, 5.41) is 10.4. The molecule has 3 aromatic heterocycles. The van der Waals surface area contributed by atoms with Crippen molar-refractivity contribution in [1.29, 1.82) is 0 Å². The molecule has 1 fully saturated rings. The lowest BCUT2D eigenvalue weighted by atomic mass is 10.2. The van der Waals surface area contributed by atoms with Crippen LogP contribution in [-0.4, -0.2) is 57.6 Å². The van der Waals surface area contributed by atoms with E-state index in [0.29, 0.717) is 12.2 Å². The van der Waals surface area contributed by atoms with Crippen LogP contribution in [0, 0.1) is 0 Å². The monoisotopic (exact) mass is 463 g/mol. The number of hydrogen-bond acceptors (Lipinski definition) is 9. The molecule has 172 valence electrons. The molecule has 0 aromatic carbocycles. The molecular weight excluding hydrogens is 434 g/mol. The first-order valence-electron chi connectivity index (χ1n) is 11.8. The molecule has 33 heavy (non-hydrogen) atoms. The van der Waals surface area contributed by atoms with Gasteiger partial charge in [-0.05, 0) is 44.2 Å². The van der Waals surface area contributed by atoms with Crippen molar-refractivity contribution in [2.24, 2.45) is 0 Å². The van der Waals surface area contributed by atoms with Crippen LogP contribution < -0.4 is 9.80 Å². The van der Waals surface area contributed by atoms with Gasteiger partial charge in [0, 0.05) is 37.6 Å². The first-order chi connectivity index (χ1) is 16.2. The molecule has 5 rings (SSSR count). The van der Waals surface area contributed by atoms with Gasteiger partial charge in [-0.25, -0.2) is 9.97 Å². The summed E-state index contributed by atoms with van der Waals surface area (Å²) in [7, 11) is 1.93. The number of rotatable bonds is 7. The van der Waals surface area contributed by atoms with Crippen LogP contribution in [0.4, 0.5) is 10.9 Å². The summed E-state index contributed by atoms with van der Waals surface area (Å²) in [4.78, 5) is 31.2. The van der Waals surface area contributed by atoms with Crippen LogP contribution in [0.25, 0.3) is 11.5 Å². The molecule has 0 spiro atoms. The number of anilines is 2. The van der Waals surface area contributed by atoms with Gasteiger partial charge in [0.05, 0.1) is 13.0 Å². The van der Waals surface area contributed by atoms with Gasteiger partial charge < -0.3 is 9.80 Å². The second-order valence-corrected chi connectivity index (χ2v) is 9.86. The SMILES string of the molecule is CN(CC(=O)Cc1nnc(N2CCCCCC2)s1)c1nc(-c2ccccn2)nc2c1CCC2. The fraction of sp³-hybridized carbons (Fsp3) is 0.500. The van der Waals surface area contributed by atoms with Gasteiger partial charge in [-0.2, -0.15) is 0 Å². The van der Waals surface area contributed by atoms with Crippen LogP contribution in [0.1, 0.15) is 48.4 Å². The maximum Gasteiger partial charge on any atom is 0.208 e. The molecule has 0 amide bonds. The minimum Gasteiger partial charge on any atom is -0.352 e. The lowest BCUT2D eigenvalue weighted by Crippen LogP contribution is -2.28. The average Bonchev–Trinajstić information content (AvgIpc) is 3.41. The zero-order valence-electron chi connectivity index (χ0n) is 19.0. The predicted molar refractivity (Wildman–Crippen MR) is 130 cm³/mol. The maximum atomic E-state index is 12.9. The van der Waals surface area contributed by atoms with E-state index < -0.39 is 0 Å². The number of pyridine rings is 1. The third-order valence-corrected chi connectivity index (χ3v) is 7.25. The number of nitrogens with zero attached hydrogens (tertiary/aromatic N) is 7. The highest BCUT2D eigenvalue weighted by molar-refractivity contribution is 7.15. The van der Waals surface area contributed by atoms with E-state index in [1.165, 1.54) is 25.7 Å². The summed E-state index contributed by atoms with van der Waals surface area (Å²) < 4.78 is 0. The lowest BCUT2D eigenvalue weighted by Gasteiger charge is -2.21. The Morgan fingerprint density at radius 2 is 1.91 bits per heavy atom. The number of Topliss-reactive ketones (excluding diaryl/α,β-unsaturated/α-hetero) is 1. The summed E-state index contributed by atoms with van der Waals surface area (Å²) in [5.41, 5.74) is 2.98. The molecular formula is C24H29N7OS. The molecule has 0 N–H and O–H groups in total. The van der Waals surface area contributed by atoms with Crippen molar-refractivity contribution in [3.8, 4) is 11.5 Å². The molecule has 1 aliphatic carbocycles. The molecule has 0 bridgehead atoms. The molecule has 9 heteroatoms. The van der Waals surface area contributed by atoms with Crippen molar-refractivity contribution in [3.05, 3.63) is 40.7 Å². The molecule has 0 radical (unpaired) electrons. The summed E-state index contributed by atoms with van der Waals surface area (Å²) in [6, 6.07) is 5.74. The molecule has 3 aromatic rings. The van der Waals surface area contributed by atoms with Gasteiger partial charge in [0.25, 0.3) is 0 Å². The van der Waals surface area contributed by atoms with Crippen LogP contribution in [0.3, 0.4) is 0 Å². The summed E-state index contributed by atoms with van der Waals surface area (Å²) >= 11 is 1.55. The van der Waals surface area contributed by atoms with Crippen LogP contribution in [0.5, 0.6) is 0 Å². The van der Waals surface area contributed by atoms with Crippen LogP contribution in [-0.2, 0) is 24.1 Å². The standard InChI is InChI=1S/C24H29N7OS/c1-30(16-17(32)15-21-28-29-24(33-21)31-13-6-2-3-7-14-31)23-18-9-8-11-19(18)26-22(27-23)20-10-4-5-12-25-20/h4-5,10,12H,2-3,6-9,11,13-16H2,1H3. The van der Waals surface area contributed by atoms with E-state index in [0.717, 1.165) is 65.3 Å². The predicted octanol–water partition coefficient (Wildman–Crippen LogP) is 3.51. The third kappa shape index (κ3) is 5.03. The molecule has 0 atom stereocenters. The average molecular weight is 464 g/mol. The van der Waals surface area contributed by atoms with Crippen LogP contribution in [0.15, 0.2) is 24.4 Å². The van der Waals surface area contributed by atoms with E-state index in [2.05, 4.69) is 20.1 Å². The Morgan fingerprint density at radius 3 is 2.70 bits per heavy atom.